The molecule has 1 unspecified atom stereocenters. The second-order valence-corrected chi connectivity index (χ2v) is 9.22. The summed E-state index contributed by atoms with van der Waals surface area (Å²) in [5.41, 5.74) is 4.14. The predicted octanol–water partition coefficient (Wildman–Crippen LogP) is 4.66. The zero-order chi connectivity index (χ0) is 26.7. The van der Waals surface area contributed by atoms with E-state index in [1.807, 2.05) is 55.5 Å². The molecular weight excluding hydrogens is 474 g/mol. The first-order valence-corrected chi connectivity index (χ1v) is 12.9. The lowest BCUT2D eigenvalue weighted by atomic mass is 10.0. The summed E-state index contributed by atoms with van der Waals surface area (Å²) in [5, 5.41) is 6.07. The molecule has 0 radical (unpaired) electrons. The zero-order valence-electron chi connectivity index (χ0n) is 22.2. The second-order valence-electron chi connectivity index (χ2n) is 9.22. The quantitative estimate of drug-likeness (QED) is 0.406. The number of anilines is 1. The van der Waals surface area contributed by atoms with Gasteiger partial charge in [0.25, 0.3) is 5.91 Å². The number of carbonyl (C=O) groups is 1. The van der Waals surface area contributed by atoms with Crippen LogP contribution in [0.5, 0.6) is 0 Å². The molecule has 1 amide bonds. The van der Waals surface area contributed by atoms with Crippen molar-refractivity contribution in [2.75, 3.05) is 38.5 Å². The van der Waals surface area contributed by atoms with E-state index in [1.54, 1.807) is 30.9 Å². The van der Waals surface area contributed by atoms with Crippen LogP contribution in [0.3, 0.4) is 0 Å². The smallest absolute Gasteiger partial charge is 0.255 e. The number of pyridine rings is 1. The Morgan fingerprint density at radius 1 is 1.05 bits per heavy atom. The number of hydrogen-bond donors (Lipinski definition) is 2. The fourth-order valence-corrected chi connectivity index (χ4v) is 4.18. The van der Waals surface area contributed by atoms with Crippen LogP contribution < -0.4 is 10.6 Å². The number of aromatic nitrogens is 3. The minimum absolute atomic E-state index is 0.168. The monoisotopic (exact) mass is 509 g/mol. The number of likely N-dealkylation sites (N-methyl/N-ethyl adjacent to an activating group) is 1. The third kappa shape index (κ3) is 7.44. The highest BCUT2D eigenvalue weighted by Gasteiger charge is 2.20. The molecule has 1 aliphatic heterocycles. The fourth-order valence-electron chi connectivity index (χ4n) is 4.18. The molecule has 196 valence electrons. The van der Waals surface area contributed by atoms with E-state index in [0.717, 1.165) is 37.4 Å². The molecule has 3 heterocycles. The number of amides is 1. The average molecular weight is 510 g/mol. The Labute approximate surface area is 224 Å². The molecule has 2 aromatic heterocycles. The number of nitrogens with zero attached hydrogens (tertiary/aromatic N) is 5. The van der Waals surface area contributed by atoms with Crippen molar-refractivity contribution in [3.63, 3.8) is 0 Å². The van der Waals surface area contributed by atoms with Crippen molar-refractivity contribution in [1.82, 2.24) is 30.1 Å². The van der Waals surface area contributed by atoms with E-state index in [0.29, 0.717) is 23.3 Å². The Morgan fingerprint density at radius 2 is 1.84 bits per heavy atom. The van der Waals surface area contributed by atoms with Crippen molar-refractivity contribution >= 4 is 11.9 Å². The minimum Gasteiger partial charge on any atom is -0.331 e. The van der Waals surface area contributed by atoms with E-state index in [4.69, 9.17) is 0 Å². The Kier molecular flexibility index (Phi) is 9.50. The van der Waals surface area contributed by atoms with Crippen molar-refractivity contribution in [3.8, 4) is 11.3 Å². The van der Waals surface area contributed by atoms with Gasteiger partial charge in [0.1, 0.15) is 0 Å². The third-order valence-corrected chi connectivity index (χ3v) is 6.56. The van der Waals surface area contributed by atoms with Crippen LogP contribution in [0, 0.1) is 0 Å². The van der Waals surface area contributed by atoms with Gasteiger partial charge in [0.15, 0.2) is 0 Å². The molecule has 1 fully saturated rings. The van der Waals surface area contributed by atoms with Crippen LogP contribution >= 0.6 is 0 Å². The van der Waals surface area contributed by atoms with Crippen LogP contribution in [0.2, 0.25) is 0 Å². The van der Waals surface area contributed by atoms with Crippen molar-refractivity contribution in [2.24, 2.45) is 0 Å². The molecule has 4 rings (SSSR count). The van der Waals surface area contributed by atoms with Crippen LogP contribution in [0.4, 0.5) is 5.95 Å². The fraction of sp³-hybridized carbons (Fsp3) is 0.267. The first kappa shape index (κ1) is 26.9. The highest BCUT2D eigenvalue weighted by molar-refractivity contribution is 5.95. The van der Waals surface area contributed by atoms with Gasteiger partial charge in [0.2, 0.25) is 5.95 Å². The summed E-state index contributed by atoms with van der Waals surface area (Å²) in [7, 11) is 2.16. The molecule has 1 atom stereocenters. The molecule has 8 heteroatoms. The van der Waals surface area contributed by atoms with Gasteiger partial charge in [-0.05, 0) is 68.9 Å². The molecule has 0 bridgehead atoms. The largest absolute Gasteiger partial charge is 0.331 e. The lowest BCUT2D eigenvalue weighted by Crippen LogP contribution is -2.45. The van der Waals surface area contributed by atoms with Gasteiger partial charge in [-0.3, -0.25) is 14.7 Å². The van der Waals surface area contributed by atoms with Gasteiger partial charge in [0.05, 0.1) is 5.69 Å². The highest BCUT2D eigenvalue weighted by atomic mass is 16.1. The number of nitrogens with one attached hydrogen (secondary N) is 2. The maximum Gasteiger partial charge on any atom is 0.255 e. The van der Waals surface area contributed by atoms with E-state index >= 15 is 0 Å². The average Bonchev–Trinajstić information content (AvgIpc) is 2.96. The summed E-state index contributed by atoms with van der Waals surface area (Å²) >= 11 is 0. The molecule has 3 aromatic rings. The van der Waals surface area contributed by atoms with E-state index in [1.165, 1.54) is 5.56 Å². The summed E-state index contributed by atoms with van der Waals surface area (Å²) in [4.78, 5) is 30.8. The number of rotatable bonds is 9. The van der Waals surface area contributed by atoms with Gasteiger partial charge in [-0.15, -0.1) is 0 Å². The molecular formula is C30H35N7O. The number of carbonyl (C=O) groups excluding carboxylic acids is 1. The Morgan fingerprint density at radius 3 is 2.55 bits per heavy atom. The van der Waals surface area contributed by atoms with Crippen molar-refractivity contribution < 1.29 is 4.79 Å². The first-order valence-electron chi connectivity index (χ1n) is 12.9. The maximum absolute atomic E-state index is 13.0. The van der Waals surface area contributed by atoms with Gasteiger partial charge >= 0.3 is 0 Å². The molecule has 1 saturated heterocycles. The van der Waals surface area contributed by atoms with Gasteiger partial charge < -0.3 is 15.5 Å². The van der Waals surface area contributed by atoms with Crippen LogP contribution in [0.15, 0.2) is 97.3 Å². The standard InChI is InChI=1S/C30H35N7O/c1-4-5-8-27(13-16-32-30-33-17-14-28(35-30)26-7-6-15-31-22-26)34-29(38)25-11-9-24(10-12-25)23(2)37-20-18-36(3)19-21-37/h4-17,22-23H,18-21H2,1-3H3,(H,34,38)(H,32,33,35)/b5-4+,16-13+,27-8+. The van der Waals surface area contributed by atoms with E-state index in [2.05, 4.69) is 61.5 Å². The first-order chi connectivity index (χ1) is 18.5. The SMILES string of the molecule is C/C=C/C=C(\C=C\Nc1nccc(-c2cccnc2)n1)NC(=O)c1ccc(C(C)N2CCN(C)CC2)cc1. The summed E-state index contributed by atoms with van der Waals surface area (Å²) in [6, 6.07) is 13.9. The van der Waals surface area contributed by atoms with Crippen LogP contribution in [-0.4, -0.2) is 63.9 Å². The van der Waals surface area contributed by atoms with Gasteiger partial charge in [0, 0.05) is 73.8 Å². The van der Waals surface area contributed by atoms with Crippen LogP contribution in [0.25, 0.3) is 11.3 Å². The second kappa shape index (κ2) is 13.4. The summed E-state index contributed by atoms with van der Waals surface area (Å²) in [6.45, 7) is 8.42. The topological polar surface area (TPSA) is 86.3 Å². The van der Waals surface area contributed by atoms with Crippen molar-refractivity contribution in [1.29, 1.82) is 0 Å². The Bertz CT molecular complexity index is 1280. The zero-order valence-corrected chi connectivity index (χ0v) is 22.2. The highest BCUT2D eigenvalue weighted by Crippen LogP contribution is 2.22. The van der Waals surface area contributed by atoms with Crippen molar-refractivity contribution in [3.05, 3.63) is 108 Å². The number of allylic oxidation sites excluding steroid dienone is 4. The minimum atomic E-state index is -0.168. The van der Waals surface area contributed by atoms with Crippen LogP contribution in [0.1, 0.15) is 35.8 Å². The molecule has 38 heavy (non-hydrogen) atoms. The van der Waals surface area contributed by atoms with E-state index in [-0.39, 0.29) is 5.91 Å². The summed E-state index contributed by atoms with van der Waals surface area (Å²) in [5.74, 6) is 0.281. The summed E-state index contributed by atoms with van der Waals surface area (Å²) in [6.07, 6.45) is 14.3. The molecule has 1 aromatic carbocycles. The maximum atomic E-state index is 13.0. The normalized spacial score (nSPS) is 16.1. The molecule has 0 spiro atoms. The Balaban J connectivity index is 1.38. The van der Waals surface area contributed by atoms with E-state index < -0.39 is 0 Å². The van der Waals surface area contributed by atoms with Gasteiger partial charge in [-0.2, -0.15) is 0 Å². The number of piperazine rings is 1. The number of benzene rings is 1. The van der Waals surface area contributed by atoms with Crippen molar-refractivity contribution in [2.45, 2.75) is 19.9 Å². The van der Waals surface area contributed by atoms with Gasteiger partial charge in [-0.25, -0.2) is 9.97 Å². The molecule has 0 saturated carbocycles. The molecule has 1 aliphatic rings. The van der Waals surface area contributed by atoms with E-state index in [9.17, 15) is 4.79 Å². The lowest BCUT2D eigenvalue weighted by Gasteiger charge is -2.36. The third-order valence-electron chi connectivity index (χ3n) is 6.56. The molecule has 0 aliphatic carbocycles. The molecule has 2 N–H and O–H groups in total. The predicted molar refractivity (Wildman–Crippen MR) is 152 cm³/mol. The lowest BCUT2D eigenvalue weighted by molar-refractivity contribution is 0.0967. The molecule has 8 nitrogen and oxygen atoms in total. The Hall–Kier alpha value is -4.14. The summed E-state index contributed by atoms with van der Waals surface area (Å²) < 4.78 is 0. The van der Waals surface area contributed by atoms with Crippen LogP contribution in [-0.2, 0) is 0 Å². The number of hydrogen-bond acceptors (Lipinski definition) is 7. The van der Waals surface area contributed by atoms with Gasteiger partial charge in [-0.1, -0.05) is 24.3 Å².